The molecule has 0 bridgehead atoms. The molecule has 1 aliphatic rings. The predicted octanol–water partition coefficient (Wildman–Crippen LogP) is 0.937. The maximum atomic E-state index is 12.3. The van der Waals surface area contributed by atoms with Gasteiger partial charge in [-0.1, -0.05) is 20.3 Å². The van der Waals surface area contributed by atoms with Crippen molar-refractivity contribution in [2.75, 3.05) is 26.2 Å². The van der Waals surface area contributed by atoms with E-state index in [4.69, 9.17) is 10.2 Å². The fraction of sp³-hybridized carbons (Fsp3) is 0.600. The Kier molecular flexibility index (Phi) is 5.01. The van der Waals surface area contributed by atoms with Crippen molar-refractivity contribution in [3.8, 4) is 0 Å². The first-order chi connectivity index (χ1) is 10.0. The summed E-state index contributed by atoms with van der Waals surface area (Å²) < 4.78 is 5.12. The first kappa shape index (κ1) is 15.6. The summed E-state index contributed by atoms with van der Waals surface area (Å²) in [5.74, 6) is 0.360. The summed E-state index contributed by atoms with van der Waals surface area (Å²) in [6, 6.07) is 2.89. The highest BCUT2D eigenvalue weighted by Gasteiger charge is 2.29. The maximum Gasteiger partial charge on any atom is 0.289 e. The minimum absolute atomic E-state index is 0.0190. The predicted molar refractivity (Wildman–Crippen MR) is 78.6 cm³/mol. The first-order valence-electron chi connectivity index (χ1n) is 7.41. The van der Waals surface area contributed by atoms with Gasteiger partial charge in [0.15, 0.2) is 5.76 Å². The zero-order valence-corrected chi connectivity index (χ0v) is 12.6. The first-order valence-corrected chi connectivity index (χ1v) is 7.41. The highest BCUT2D eigenvalue weighted by molar-refractivity contribution is 5.91. The van der Waals surface area contributed by atoms with E-state index in [0.717, 1.165) is 6.42 Å². The van der Waals surface area contributed by atoms with E-state index in [9.17, 15) is 9.59 Å². The molecular weight excluding hydrogens is 270 g/mol. The van der Waals surface area contributed by atoms with E-state index in [-0.39, 0.29) is 17.7 Å². The summed E-state index contributed by atoms with van der Waals surface area (Å²) in [6.07, 6.45) is 2.36. The lowest BCUT2D eigenvalue weighted by atomic mass is 9.98. The van der Waals surface area contributed by atoms with Crippen LogP contribution in [0.1, 0.15) is 30.8 Å². The van der Waals surface area contributed by atoms with Crippen LogP contribution < -0.4 is 5.73 Å². The third-order valence-corrected chi connectivity index (χ3v) is 4.15. The van der Waals surface area contributed by atoms with Gasteiger partial charge in [0.1, 0.15) is 0 Å². The van der Waals surface area contributed by atoms with Gasteiger partial charge < -0.3 is 20.0 Å². The van der Waals surface area contributed by atoms with Crippen molar-refractivity contribution in [1.82, 2.24) is 9.80 Å². The van der Waals surface area contributed by atoms with Crippen LogP contribution in [0, 0.1) is 5.92 Å². The highest BCUT2D eigenvalue weighted by Crippen LogP contribution is 2.13. The zero-order valence-electron chi connectivity index (χ0n) is 12.6. The highest BCUT2D eigenvalue weighted by atomic mass is 16.3. The Labute approximate surface area is 124 Å². The van der Waals surface area contributed by atoms with Gasteiger partial charge in [0.05, 0.1) is 12.3 Å². The Morgan fingerprint density at radius 3 is 2.43 bits per heavy atom. The van der Waals surface area contributed by atoms with Gasteiger partial charge >= 0.3 is 0 Å². The van der Waals surface area contributed by atoms with Gasteiger partial charge in [0.25, 0.3) is 5.91 Å². The smallest absolute Gasteiger partial charge is 0.289 e. The lowest BCUT2D eigenvalue weighted by Gasteiger charge is -2.36. The molecule has 1 aromatic heterocycles. The second-order valence-corrected chi connectivity index (χ2v) is 5.51. The van der Waals surface area contributed by atoms with Crippen LogP contribution in [0.5, 0.6) is 0 Å². The van der Waals surface area contributed by atoms with Crippen molar-refractivity contribution >= 4 is 11.8 Å². The number of nitrogens with zero attached hydrogens (tertiary/aromatic N) is 2. The molecule has 0 spiro atoms. The van der Waals surface area contributed by atoms with Crippen LogP contribution >= 0.6 is 0 Å². The normalized spacial score (nSPS) is 18.4. The van der Waals surface area contributed by atoms with Gasteiger partial charge in [-0.3, -0.25) is 9.59 Å². The summed E-state index contributed by atoms with van der Waals surface area (Å²) in [5, 5.41) is 0. The Hall–Kier alpha value is -1.82. The Morgan fingerprint density at radius 2 is 1.90 bits per heavy atom. The topological polar surface area (TPSA) is 79.8 Å². The van der Waals surface area contributed by atoms with E-state index in [1.807, 2.05) is 13.8 Å². The van der Waals surface area contributed by atoms with E-state index < -0.39 is 6.04 Å². The van der Waals surface area contributed by atoms with Crippen LogP contribution in [0.2, 0.25) is 0 Å². The van der Waals surface area contributed by atoms with Gasteiger partial charge in [-0.2, -0.15) is 0 Å². The molecule has 0 aliphatic carbocycles. The fourth-order valence-corrected chi connectivity index (χ4v) is 2.39. The van der Waals surface area contributed by atoms with E-state index >= 15 is 0 Å². The number of hydrogen-bond acceptors (Lipinski definition) is 4. The Morgan fingerprint density at radius 1 is 1.29 bits per heavy atom. The van der Waals surface area contributed by atoms with Crippen LogP contribution in [0.25, 0.3) is 0 Å². The summed E-state index contributed by atoms with van der Waals surface area (Å²) in [6.45, 7) is 6.08. The van der Waals surface area contributed by atoms with E-state index in [1.54, 1.807) is 21.9 Å². The number of piperazine rings is 1. The molecular formula is C15H23N3O3. The molecule has 0 saturated carbocycles. The van der Waals surface area contributed by atoms with Crippen molar-refractivity contribution in [3.05, 3.63) is 24.2 Å². The third kappa shape index (κ3) is 3.44. The van der Waals surface area contributed by atoms with Crippen LogP contribution in [-0.2, 0) is 4.79 Å². The quantitative estimate of drug-likeness (QED) is 0.896. The Bertz CT molecular complexity index is 478. The number of amides is 2. The molecule has 0 radical (unpaired) electrons. The van der Waals surface area contributed by atoms with Gasteiger partial charge in [-0.15, -0.1) is 0 Å². The molecule has 116 valence electrons. The number of hydrogen-bond donors (Lipinski definition) is 1. The van der Waals surface area contributed by atoms with E-state index in [2.05, 4.69) is 0 Å². The summed E-state index contributed by atoms with van der Waals surface area (Å²) in [5.41, 5.74) is 5.99. The van der Waals surface area contributed by atoms with Gasteiger partial charge in [0.2, 0.25) is 5.91 Å². The molecule has 6 nitrogen and oxygen atoms in total. The molecule has 0 aromatic carbocycles. The molecule has 2 heterocycles. The lowest BCUT2D eigenvalue weighted by Crippen LogP contribution is -2.55. The molecule has 2 N–H and O–H groups in total. The molecule has 2 amide bonds. The summed E-state index contributed by atoms with van der Waals surface area (Å²) >= 11 is 0. The molecule has 1 aromatic rings. The van der Waals surface area contributed by atoms with Gasteiger partial charge in [-0.25, -0.2) is 0 Å². The SMILES string of the molecule is CCC(C)C(N)C(=O)N1CCN(C(=O)c2ccco2)CC1. The summed E-state index contributed by atoms with van der Waals surface area (Å²) in [4.78, 5) is 27.9. The molecule has 2 unspecified atom stereocenters. The van der Waals surface area contributed by atoms with Gasteiger partial charge in [0, 0.05) is 26.2 Å². The number of nitrogens with two attached hydrogens (primary N) is 1. The molecule has 21 heavy (non-hydrogen) atoms. The van der Waals surface area contributed by atoms with Crippen LogP contribution in [0.15, 0.2) is 22.8 Å². The molecule has 6 heteroatoms. The fourth-order valence-electron chi connectivity index (χ4n) is 2.39. The lowest BCUT2D eigenvalue weighted by molar-refractivity contribution is -0.135. The molecule has 1 saturated heterocycles. The number of carbonyl (C=O) groups is 2. The zero-order chi connectivity index (χ0) is 15.4. The second-order valence-electron chi connectivity index (χ2n) is 5.51. The molecule has 2 rings (SSSR count). The monoisotopic (exact) mass is 293 g/mol. The third-order valence-electron chi connectivity index (χ3n) is 4.15. The van der Waals surface area contributed by atoms with Gasteiger partial charge in [-0.05, 0) is 18.1 Å². The molecule has 2 atom stereocenters. The molecule has 1 fully saturated rings. The van der Waals surface area contributed by atoms with Crippen LogP contribution in [0.4, 0.5) is 0 Å². The minimum Gasteiger partial charge on any atom is -0.459 e. The molecule has 1 aliphatic heterocycles. The standard InChI is InChI=1S/C15H23N3O3/c1-3-11(2)13(16)15(20)18-8-6-17(7-9-18)14(19)12-5-4-10-21-12/h4-5,10-11,13H,3,6-9,16H2,1-2H3. The van der Waals surface area contributed by atoms with Crippen molar-refractivity contribution in [3.63, 3.8) is 0 Å². The minimum atomic E-state index is -0.456. The van der Waals surface area contributed by atoms with E-state index in [1.165, 1.54) is 6.26 Å². The average molecular weight is 293 g/mol. The van der Waals surface area contributed by atoms with Crippen LogP contribution in [0.3, 0.4) is 0 Å². The van der Waals surface area contributed by atoms with Crippen molar-refractivity contribution in [2.24, 2.45) is 11.7 Å². The van der Waals surface area contributed by atoms with Crippen LogP contribution in [-0.4, -0.2) is 53.8 Å². The average Bonchev–Trinajstić information content (AvgIpc) is 3.06. The number of furan rings is 1. The summed E-state index contributed by atoms with van der Waals surface area (Å²) in [7, 11) is 0. The maximum absolute atomic E-state index is 12.3. The largest absolute Gasteiger partial charge is 0.459 e. The van der Waals surface area contributed by atoms with E-state index in [0.29, 0.717) is 31.9 Å². The van der Waals surface area contributed by atoms with Crippen molar-refractivity contribution in [2.45, 2.75) is 26.3 Å². The second kappa shape index (κ2) is 6.76. The number of rotatable bonds is 4. The Balaban J connectivity index is 1.88. The number of carbonyl (C=O) groups excluding carboxylic acids is 2. The van der Waals surface area contributed by atoms with Crippen molar-refractivity contribution in [1.29, 1.82) is 0 Å². The van der Waals surface area contributed by atoms with Crippen molar-refractivity contribution < 1.29 is 14.0 Å².